The normalized spacial score (nSPS) is 20.8. The lowest BCUT2D eigenvalue weighted by Gasteiger charge is -2.36. The average molecular weight is 320 g/mol. The Hall–Kier alpha value is -1.65. The predicted octanol–water partition coefficient (Wildman–Crippen LogP) is 0.186. The van der Waals surface area contributed by atoms with Crippen LogP contribution in [-0.2, 0) is 14.8 Å². The maximum Gasteiger partial charge on any atom is 0.407 e. The van der Waals surface area contributed by atoms with E-state index >= 15 is 0 Å². The molecular weight excluding hydrogens is 308 g/mol. The van der Waals surface area contributed by atoms with Gasteiger partial charge in [0.25, 0.3) is 10.0 Å². The van der Waals surface area contributed by atoms with Crippen LogP contribution in [0.3, 0.4) is 0 Å². The second-order valence-electron chi connectivity index (χ2n) is 4.13. The van der Waals surface area contributed by atoms with Crippen molar-refractivity contribution >= 4 is 33.4 Å². The van der Waals surface area contributed by atoms with E-state index in [2.05, 4.69) is 0 Å². The van der Waals surface area contributed by atoms with Crippen LogP contribution in [0, 0.1) is 0 Å². The van der Waals surface area contributed by atoms with Crippen LogP contribution in [-0.4, -0.2) is 65.6 Å². The molecule has 1 atom stereocenters. The van der Waals surface area contributed by atoms with Gasteiger partial charge < -0.3 is 15.1 Å². The highest BCUT2D eigenvalue weighted by atomic mass is 32.2. The van der Waals surface area contributed by atoms with Gasteiger partial charge in [0.1, 0.15) is 10.3 Å². The predicted molar refractivity (Wildman–Crippen MR) is 69.2 cm³/mol. The summed E-state index contributed by atoms with van der Waals surface area (Å²) >= 11 is 0.992. The van der Waals surface area contributed by atoms with Gasteiger partial charge in [-0.25, -0.2) is 13.2 Å². The molecule has 1 aliphatic heterocycles. The number of rotatable bonds is 3. The molecule has 0 bridgehead atoms. The molecule has 8 nitrogen and oxygen atoms in total. The summed E-state index contributed by atoms with van der Waals surface area (Å²) in [5.41, 5.74) is 0. The standard InChI is InChI=1S/C10H12N2O6S2/c13-9(14)7-6-11(10(15)16)3-4-12(7)20(17,18)8-2-1-5-19-8/h1-2,5,7H,3-4,6H2,(H,13,14)(H,15,16)/t7-/m1/s1. The van der Waals surface area contributed by atoms with Crippen molar-refractivity contribution in [2.75, 3.05) is 19.6 Å². The number of carboxylic acids is 1. The molecule has 10 heteroatoms. The third-order valence-electron chi connectivity index (χ3n) is 2.94. The molecule has 1 aliphatic rings. The maximum atomic E-state index is 12.3. The largest absolute Gasteiger partial charge is 0.480 e. The molecule has 110 valence electrons. The van der Waals surface area contributed by atoms with E-state index in [1.807, 2.05) is 0 Å². The first-order chi connectivity index (χ1) is 9.34. The van der Waals surface area contributed by atoms with Crippen molar-refractivity contribution in [2.45, 2.75) is 10.3 Å². The molecular formula is C10H12N2O6S2. The Morgan fingerprint density at radius 3 is 2.50 bits per heavy atom. The third kappa shape index (κ3) is 2.62. The number of piperazine rings is 1. The van der Waals surface area contributed by atoms with Crippen molar-refractivity contribution in [3.63, 3.8) is 0 Å². The molecule has 2 N–H and O–H groups in total. The minimum atomic E-state index is -3.91. The quantitative estimate of drug-likeness (QED) is 0.821. The van der Waals surface area contributed by atoms with Crippen molar-refractivity contribution < 1.29 is 28.2 Å². The first kappa shape index (κ1) is 14.8. The number of hydrogen-bond acceptors (Lipinski definition) is 5. The summed E-state index contributed by atoms with van der Waals surface area (Å²) in [5.74, 6) is -1.36. The molecule has 2 heterocycles. The summed E-state index contributed by atoms with van der Waals surface area (Å²) < 4.78 is 25.6. The molecule has 1 saturated heterocycles. The average Bonchev–Trinajstić information content (AvgIpc) is 2.92. The van der Waals surface area contributed by atoms with Crippen LogP contribution < -0.4 is 0 Å². The topological polar surface area (TPSA) is 115 Å². The molecule has 0 unspecified atom stereocenters. The molecule has 1 aromatic rings. The minimum Gasteiger partial charge on any atom is -0.480 e. The lowest BCUT2D eigenvalue weighted by Crippen LogP contribution is -2.58. The summed E-state index contributed by atoms with van der Waals surface area (Å²) in [7, 11) is -3.91. The van der Waals surface area contributed by atoms with E-state index in [1.54, 1.807) is 11.4 Å². The maximum absolute atomic E-state index is 12.3. The van der Waals surface area contributed by atoms with Crippen molar-refractivity contribution in [2.24, 2.45) is 0 Å². The number of sulfonamides is 1. The molecule has 0 saturated carbocycles. The highest BCUT2D eigenvalue weighted by molar-refractivity contribution is 7.91. The van der Waals surface area contributed by atoms with Crippen LogP contribution in [0.15, 0.2) is 21.7 Å². The third-order valence-corrected chi connectivity index (χ3v) is 6.23. The molecule has 0 spiro atoms. The zero-order valence-electron chi connectivity index (χ0n) is 10.2. The van der Waals surface area contributed by atoms with Gasteiger partial charge in [-0.3, -0.25) is 4.79 Å². The molecule has 0 radical (unpaired) electrons. The van der Waals surface area contributed by atoms with E-state index in [0.717, 1.165) is 20.5 Å². The number of carbonyl (C=O) groups is 2. The smallest absolute Gasteiger partial charge is 0.407 e. The zero-order chi connectivity index (χ0) is 14.9. The number of carboxylic acid groups (broad SMARTS) is 2. The Morgan fingerprint density at radius 1 is 1.30 bits per heavy atom. The fourth-order valence-electron chi connectivity index (χ4n) is 1.95. The number of nitrogens with zero attached hydrogens (tertiary/aromatic N) is 2. The van der Waals surface area contributed by atoms with Gasteiger partial charge in [0.15, 0.2) is 0 Å². The molecule has 1 aromatic heterocycles. The van der Waals surface area contributed by atoms with Crippen LogP contribution in [0.1, 0.15) is 0 Å². The number of thiophene rings is 1. The van der Waals surface area contributed by atoms with E-state index in [0.29, 0.717) is 0 Å². The van der Waals surface area contributed by atoms with E-state index < -0.39 is 28.1 Å². The van der Waals surface area contributed by atoms with Gasteiger partial charge in [0.2, 0.25) is 0 Å². The molecule has 20 heavy (non-hydrogen) atoms. The van der Waals surface area contributed by atoms with E-state index in [-0.39, 0.29) is 23.8 Å². The first-order valence-electron chi connectivity index (χ1n) is 5.60. The minimum absolute atomic E-state index is 0.0486. The SMILES string of the molecule is O=C(O)[C@H]1CN(C(=O)O)CCN1S(=O)(=O)c1cccs1. The van der Waals surface area contributed by atoms with Gasteiger partial charge in [-0.1, -0.05) is 6.07 Å². The highest BCUT2D eigenvalue weighted by Crippen LogP contribution is 2.25. The van der Waals surface area contributed by atoms with Crippen LogP contribution in [0.5, 0.6) is 0 Å². The lowest BCUT2D eigenvalue weighted by molar-refractivity contribution is -0.142. The number of aliphatic carboxylic acids is 1. The van der Waals surface area contributed by atoms with Crippen molar-refractivity contribution in [1.82, 2.24) is 9.21 Å². The van der Waals surface area contributed by atoms with Crippen molar-refractivity contribution in [3.05, 3.63) is 17.5 Å². The molecule has 2 rings (SSSR count). The lowest BCUT2D eigenvalue weighted by atomic mass is 10.2. The number of amides is 1. The van der Waals surface area contributed by atoms with Gasteiger partial charge in [-0.05, 0) is 11.4 Å². The van der Waals surface area contributed by atoms with E-state index in [4.69, 9.17) is 10.2 Å². The van der Waals surface area contributed by atoms with E-state index in [1.165, 1.54) is 6.07 Å². The summed E-state index contributed by atoms with van der Waals surface area (Å²) in [4.78, 5) is 23.0. The van der Waals surface area contributed by atoms with Gasteiger partial charge in [0, 0.05) is 13.1 Å². The van der Waals surface area contributed by atoms with Gasteiger partial charge in [-0.15, -0.1) is 11.3 Å². The first-order valence-corrected chi connectivity index (χ1v) is 7.92. The fraction of sp³-hybridized carbons (Fsp3) is 0.400. The molecule has 1 fully saturated rings. The summed E-state index contributed by atoms with van der Waals surface area (Å²) in [5, 5.41) is 19.6. The van der Waals surface area contributed by atoms with E-state index in [9.17, 15) is 18.0 Å². The Morgan fingerprint density at radius 2 is 2.00 bits per heavy atom. The van der Waals surface area contributed by atoms with Crippen LogP contribution >= 0.6 is 11.3 Å². The zero-order valence-corrected chi connectivity index (χ0v) is 11.8. The summed E-state index contributed by atoms with van der Waals surface area (Å²) in [6.07, 6.45) is -1.26. The Bertz CT molecular complexity index is 612. The van der Waals surface area contributed by atoms with Crippen LogP contribution in [0.2, 0.25) is 0 Å². The summed E-state index contributed by atoms with van der Waals surface area (Å²) in [6, 6.07) is 1.54. The Balaban J connectivity index is 2.32. The van der Waals surface area contributed by atoms with Crippen LogP contribution in [0.4, 0.5) is 4.79 Å². The van der Waals surface area contributed by atoms with Crippen LogP contribution in [0.25, 0.3) is 0 Å². The van der Waals surface area contributed by atoms with Gasteiger partial charge in [0.05, 0.1) is 6.54 Å². The van der Waals surface area contributed by atoms with Gasteiger partial charge in [-0.2, -0.15) is 4.31 Å². The number of hydrogen-bond donors (Lipinski definition) is 2. The second-order valence-corrected chi connectivity index (χ2v) is 7.20. The summed E-state index contributed by atoms with van der Waals surface area (Å²) in [6.45, 7) is -0.609. The highest BCUT2D eigenvalue weighted by Gasteiger charge is 2.41. The second kappa shape index (κ2) is 5.38. The molecule has 1 amide bonds. The monoisotopic (exact) mass is 320 g/mol. The van der Waals surface area contributed by atoms with Crippen molar-refractivity contribution in [3.8, 4) is 0 Å². The molecule has 0 aromatic carbocycles. The fourth-order valence-corrected chi connectivity index (χ4v) is 4.64. The van der Waals surface area contributed by atoms with Crippen molar-refractivity contribution in [1.29, 1.82) is 0 Å². The molecule has 0 aliphatic carbocycles. The Kier molecular flexibility index (Phi) is 3.97. The van der Waals surface area contributed by atoms with Gasteiger partial charge >= 0.3 is 12.1 Å². The Labute approximate surface area is 118 Å².